The number of halogens is 1. The number of carbonyl (C=O) groups excluding carboxylic acids is 2. The summed E-state index contributed by atoms with van der Waals surface area (Å²) in [6.07, 6.45) is 0.415. The number of ether oxygens (including phenoxy) is 1. The average Bonchev–Trinajstić information content (AvgIpc) is 2.55. The molecule has 5 heteroatoms. The van der Waals surface area contributed by atoms with Crippen LogP contribution in [0, 0.1) is 5.82 Å². The van der Waals surface area contributed by atoms with Gasteiger partial charge in [0.2, 0.25) is 0 Å². The highest BCUT2D eigenvalue weighted by Crippen LogP contribution is 2.13. The number of benzene rings is 2. The van der Waals surface area contributed by atoms with Gasteiger partial charge in [0.1, 0.15) is 11.6 Å². The molecular weight excluding hydrogens is 297 g/mol. The molecule has 0 aliphatic heterocycles. The second-order valence-electron chi connectivity index (χ2n) is 5.06. The van der Waals surface area contributed by atoms with Gasteiger partial charge in [-0.2, -0.15) is 0 Å². The highest BCUT2D eigenvalue weighted by atomic mass is 19.1. The first kappa shape index (κ1) is 16.7. The molecule has 0 spiro atoms. The number of hydrogen-bond donors (Lipinski definition) is 1. The molecule has 0 atom stereocenters. The first-order valence-electron chi connectivity index (χ1n) is 7.30. The quantitative estimate of drug-likeness (QED) is 0.799. The molecule has 0 fully saturated rings. The second-order valence-corrected chi connectivity index (χ2v) is 5.06. The minimum atomic E-state index is -0.297. The minimum Gasteiger partial charge on any atom is -0.484 e. The lowest BCUT2D eigenvalue weighted by Crippen LogP contribution is -2.30. The molecule has 2 aromatic rings. The molecule has 0 aromatic heterocycles. The van der Waals surface area contributed by atoms with Crippen LogP contribution in [0.15, 0.2) is 48.5 Å². The molecule has 0 unspecified atom stereocenters. The molecule has 120 valence electrons. The van der Waals surface area contributed by atoms with Crippen molar-refractivity contribution in [2.75, 3.05) is 13.2 Å². The predicted octanol–water partition coefficient (Wildman–Crippen LogP) is 2.77. The van der Waals surface area contributed by atoms with Crippen LogP contribution in [-0.4, -0.2) is 24.8 Å². The van der Waals surface area contributed by atoms with E-state index in [1.807, 2.05) is 0 Å². The lowest BCUT2D eigenvalue weighted by atomic mass is 10.1. The molecule has 0 heterocycles. The van der Waals surface area contributed by atoms with Gasteiger partial charge in [0, 0.05) is 12.1 Å². The maximum absolute atomic E-state index is 13.4. The SMILES string of the molecule is CC(=O)c1cccc(OCC(=O)NCCc2ccccc2F)c1. The van der Waals surface area contributed by atoms with Crippen LogP contribution < -0.4 is 10.1 Å². The van der Waals surface area contributed by atoms with Gasteiger partial charge >= 0.3 is 0 Å². The molecule has 0 aliphatic rings. The highest BCUT2D eigenvalue weighted by molar-refractivity contribution is 5.94. The zero-order valence-electron chi connectivity index (χ0n) is 12.8. The largest absolute Gasteiger partial charge is 0.484 e. The summed E-state index contributed by atoms with van der Waals surface area (Å²) in [4.78, 5) is 23.0. The molecule has 2 rings (SSSR count). The van der Waals surface area contributed by atoms with Crippen LogP contribution in [0.5, 0.6) is 5.75 Å². The fourth-order valence-electron chi connectivity index (χ4n) is 2.04. The maximum atomic E-state index is 13.4. The molecule has 0 aliphatic carbocycles. The first-order valence-corrected chi connectivity index (χ1v) is 7.30. The van der Waals surface area contributed by atoms with Gasteiger partial charge in [-0.1, -0.05) is 30.3 Å². The van der Waals surface area contributed by atoms with E-state index in [0.717, 1.165) is 0 Å². The summed E-state index contributed by atoms with van der Waals surface area (Å²) < 4.78 is 18.8. The highest BCUT2D eigenvalue weighted by Gasteiger charge is 2.06. The third-order valence-corrected chi connectivity index (χ3v) is 3.28. The van der Waals surface area contributed by atoms with E-state index in [1.165, 1.54) is 13.0 Å². The van der Waals surface area contributed by atoms with E-state index in [9.17, 15) is 14.0 Å². The maximum Gasteiger partial charge on any atom is 0.257 e. The van der Waals surface area contributed by atoms with Crippen LogP contribution in [0.2, 0.25) is 0 Å². The van der Waals surface area contributed by atoms with E-state index in [1.54, 1.807) is 42.5 Å². The van der Waals surface area contributed by atoms with E-state index in [2.05, 4.69) is 5.32 Å². The molecule has 0 radical (unpaired) electrons. The standard InChI is InChI=1S/C18H18FNO3/c1-13(21)15-6-4-7-16(11-15)23-12-18(22)20-10-9-14-5-2-3-8-17(14)19/h2-8,11H,9-10,12H2,1H3,(H,20,22). The van der Waals surface area contributed by atoms with E-state index in [-0.39, 0.29) is 24.1 Å². The van der Waals surface area contributed by atoms with Crippen molar-refractivity contribution in [2.24, 2.45) is 0 Å². The van der Waals surface area contributed by atoms with Gasteiger partial charge in [-0.05, 0) is 37.1 Å². The average molecular weight is 315 g/mol. The van der Waals surface area contributed by atoms with Crippen LogP contribution >= 0.6 is 0 Å². The van der Waals surface area contributed by atoms with Crippen molar-refractivity contribution in [3.8, 4) is 5.75 Å². The number of hydrogen-bond acceptors (Lipinski definition) is 3. The fraction of sp³-hybridized carbons (Fsp3) is 0.222. The van der Waals surface area contributed by atoms with E-state index >= 15 is 0 Å². The number of Topliss-reactive ketones (excluding diaryl/α,β-unsaturated/α-hetero) is 1. The Morgan fingerprint density at radius 2 is 1.91 bits per heavy atom. The Morgan fingerprint density at radius 1 is 1.13 bits per heavy atom. The van der Waals surface area contributed by atoms with Crippen LogP contribution in [0.25, 0.3) is 0 Å². The Labute approximate surface area is 134 Å². The molecule has 4 nitrogen and oxygen atoms in total. The van der Waals surface area contributed by atoms with E-state index < -0.39 is 0 Å². The third kappa shape index (κ3) is 5.21. The summed E-state index contributed by atoms with van der Waals surface area (Å²) >= 11 is 0. The Morgan fingerprint density at radius 3 is 2.65 bits per heavy atom. The zero-order valence-corrected chi connectivity index (χ0v) is 12.8. The summed E-state index contributed by atoms with van der Waals surface area (Å²) in [6.45, 7) is 1.64. The van der Waals surface area contributed by atoms with Crippen molar-refractivity contribution in [2.45, 2.75) is 13.3 Å². The first-order chi connectivity index (χ1) is 11.1. The van der Waals surface area contributed by atoms with Gasteiger partial charge in [0.25, 0.3) is 5.91 Å². The van der Waals surface area contributed by atoms with Gasteiger partial charge in [-0.15, -0.1) is 0 Å². The van der Waals surface area contributed by atoms with Crippen molar-refractivity contribution >= 4 is 11.7 Å². The summed E-state index contributed by atoms with van der Waals surface area (Å²) in [7, 11) is 0. The molecule has 23 heavy (non-hydrogen) atoms. The molecule has 0 saturated heterocycles. The molecule has 2 aromatic carbocycles. The number of ketones is 1. The van der Waals surface area contributed by atoms with Gasteiger partial charge in [-0.3, -0.25) is 9.59 Å². The van der Waals surface area contributed by atoms with Gasteiger partial charge in [0.15, 0.2) is 12.4 Å². The number of nitrogens with one attached hydrogen (secondary N) is 1. The molecule has 1 amide bonds. The summed E-state index contributed by atoms with van der Waals surface area (Å²) in [5.41, 5.74) is 1.09. The fourth-order valence-corrected chi connectivity index (χ4v) is 2.04. The summed E-state index contributed by atoms with van der Waals surface area (Å²) in [5.74, 6) is -0.180. The minimum absolute atomic E-state index is 0.0650. The second kappa shape index (κ2) is 8.08. The molecule has 0 saturated carbocycles. The van der Waals surface area contributed by atoms with Gasteiger partial charge < -0.3 is 10.1 Å². The van der Waals surface area contributed by atoms with Crippen LogP contribution in [-0.2, 0) is 11.2 Å². The Hall–Kier alpha value is -2.69. The van der Waals surface area contributed by atoms with Crippen molar-refractivity contribution in [3.63, 3.8) is 0 Å². The number of rotatable bonds is 7. The summed E-state index contributed by atoms with van der Waals surface area (Å²) in [5, 5.41) is 2.67. The lowest BCUT2D eigenvalue weighted by Gasteiger charge is -2.08. The van der Waals surface area contributed by atoms with Crippen LogP contribution in [0.1, 0.15) is 22.8 Å². The molecule has 0 bridgehead atoms. The Kier molecular flexibility index (Phi) is 5.86. The normalized spacial score (nSPS) is 10.2. The van der Waals surface area contributed by atoms with Crippen molar-refractivity contribution in [1.29, 1.82) is 0 Å². The Bertz CT molecular complexity index is 700. The van der Waals surface area contributed by atoms with Gasteiger partial charge in [0.05, 0.1) is 0 Å². The Balaban J connectivity index is 1.76. The number of amides is 1. The monoisotopic (exact) mass is 315 g/mol. The molecule has 1 N–H and O–H groups in total. The van der Waals surface area contributed by atoms with Crippen molar-refractivity contribution < 1.29 is 18.7 Å². The van der Waals surface area contributed by atoms with Gasteiger partial charge in [-0.25, -0.2) is 4.39 Å². The topological polar surface area (TPSA) is 55.4 Å². The van der Waals surface area contributed by atoms with E-state index in [4.69, 9.17) is 4.74 Å². The van der Waals surface area contributed by atoms with Crippen LogP contribution in [0.3, 0.4) is 0 Å². The van der Waals surface area contributed by atoms with Crippen LogP contribution in [0.4, 0.5) is 4.39 Å². The zero-order chi connectivity index (χ0) is 16.7. The smallest absolute Gasteiger partial charge is 0.257 e. The number of carbonyl (C=O) groups is 2. The van der Waals surface area contributed by atoms with Crippen molar-refractivity contribution in [1.82, 2.24) is 5.32 Å². The van der Waals surface area contributed by atoms with Crippen molar-refractivity contribution in [3.05, 3.63) is 65.5 Å². The lowest BCUT2D eigenvalue weighted by molar-refractivity contribution is -0.123. The summed E-state index contributed by atoms with van der Waals surface area (Å²) in [6, 6.07) is 13.1. The third-order valence-electron chi connectivity index (χ3n) is 3.28. The van der Waals surface area contributed by atoms with E-state index in [0.29, 0.717) is 29.8 Å². The molecular formula is C18H18FNO3. The predicted molar refractivity (Wildman–Crippen MR) is 85.1 cm³/mol.